The van der Waals surface area contributed by atoms with Gasteiger partial charge in [0.15, 0.2) is 5.01 Å². The fraction of sp³-hybridized carbons (Fsp3) is 0.235. The summed E-state index contributed by atoms with van der Waals surface area (Å²) in [4.78, 5) is 17.3. The van der Waals surface area contributed by atoms with Gasteiger partial charge in [-0.3, -0.25) is 0 Å². The van der Waals surface area contributed by atoms with Gasteiger partial charge in [0, 0.05) is 26.2 Å². The summed E-state index contributed by atoms with van der Waals surface area (Å²) in [6.45, 7) is 2.67. The van der Waals surface area contributed by atoms with E-state index in [0.29, 0.717) is 18.8 Å². The molecule has 4 rings (SSSR count). The Kier molecular flexibility index (Phi) is 4.62. The first-order valence-electron chi connectivity index (χ1n) is 7.94. The number of thiophene rings is 1. The second-order valence-electron chi connectivity index (χ2n) is 5.52. The average Bonchev–Trinajstić information content (AvgIpc) is 3.34. The fourth-order valence-corrected chi connectivity index (χ4v) is 4.27. The van der Waals surface area contributed by atoms with Crippen molar-refractivity contribution in [1.29, 1.82) is 0 Å². The van der Waals surface area contributed by atoms with E-state index in [1.807, 2.05) is 35.7 Å². The molecule has 2 aromatic heterocycles. The number of hydrogen-bond acceptors (Lipinski definition) is 7. The summed E-state index contributed by atoms with van der Waals surface area (Å²) < 4.78 is 5.39. The highest BCUT2D eigenvalue weighted by Gasteiger charge is 2.24. The van der Waals surface area contributed by atoms with Crippen molar-refractivity contribution in [2.24, 2.45) is 0 Å². The number of carbonyl (C=O) groups is 1. The van der Waals surface area contributed by atoms with Crippen LogP contribution in [0.4, 0.5) is 9.93 Å². The zero-order valence-corrected chi connectivity index (χ0v) is 15.0. The van der Waals surface area contributed by atoms with E-state index in [-0.39, 0.29) is 6.09 Å². The molecule has 0 radical (unpaired) electrons. The zero-order chi connectivity index (χ0) is 17.1. The second-order valence-corrected chi connectivity index (χ2v) is 7.43. The van der Waals surface area contributed by atoms with Crippen LogP contribution in [0.25, 0.3) is 9.88 Å². The molecule has 1 amide bonds. The molecule has 0 bridgehead atoms. The van der Waals surface area contributed by atoms with Gasteiger partial charge >= 0.3 is 6.09 Å². The van der Waals surface area contributed by atoms with Crippen LogP contribution in [0.1, 0.15) is 0 Å². The van der Waals surface area contributed by atoms with Crippen molar-refractivity contribution in [3.63, 3.8) is 0 Å². The van der Waals surface area contributed by atoms with E-state index in [0.717, 1.165) is 28.1 Å². The van der Waals surface area contributed by atoms with E-state index in [1.165, 1.54) is 0 Å². The number of aromatic nitrogens is 2. The SMILES string of the molecule is O=C(Oc1ccccc1)N1CCN(c2nnc(-c3cccs3)s2)CC1. The minimum absolute atomic E-state index is 0.303. The summed E-state index contributed by atoms with van der Waals surface area (Å²) >= 11 is 3.25. The Morgan fingerprint density at radius 1 is 1.00 bits per heavy atom. The molecule has 1 aromatic carbocycles. The van der Waals surface area contributed by atoms with Gasteiger partial charge in [0.1, 0.15) is 5.75 Å². The first kappa shape index (κ1) is 16.0. The number of amides is 1. The van der Waals surface area contributed by atoms with Crippen LogP contribution in [0.2, 0.25) is 0 Å². The second kappa shape index (κ2) is 7.20. The maximum absolute atomic E-state index is 12.2. The summed E-state index contributed by atoms with van der Waals surface area (Å²) in [7, 11) is 0. The Morgan fingerprint density at radius 3 is 2.52 bits per heavy atom. The van der Waals surface area contributed by atoms with Crippen molar-refractivity contribution in [1.82, 2.24) is 15.1 Å². The molecule has 0 aliphatic carbocycles. The molecule has 0 atom stereocenters. The molecule has 3 aromatic rings. The summed E-state index contributed by atoms with van der Waals surface area (Å²) in [6.07, 6.45) is -0.303. The van der Waals surface area contributed by atoms with E-state index in [2.05, 4.69) is 15.1 Å². The van der Waals surface area contributed by atoms with E-state index >= 15 is 0 Å². The molecular weight excluding hydrogens is 356 g/mol. The van der Waals surface area contributed by atoms with Crippen LogP contribution >= 0.6 is 22.7 Å². The van der Waals surface area contributed by atoms with Crippen LogP contribution in [-0.4, -0.2) is 47.4 Å². The molecule has 3 heterocycles. The van der Waals surface area contributed by atoms with Gasteiger partial charge in [0.05, 0.1) is 4.88 Å². The summed E-state index contributed by atoms with van der Waals surface area (Å²) in [5, 5.41) is 12.5. The number of hydrogen-bond donors (Lipinski definition) is 0. The van der Waals surface area contributed by atoms with Gasteiger partial charge in [-0.2, -0.15) is 0 Å². The van der Waals surface area contributed by atoms with Crippen molar-refractivity contribution >= 4 is 33.9 Å². The van der Waals surface area contributed by atoms with Crippen LogP contribution in [0.5, 0.6) is 5.75 Å². The number of ether oxygens (including phenoxy) is 1. The predicted molar refractivity (Wildman–Crippen MR) is 99.5 cm³/mol. The first-order chi connectivity index (χ1) is 12.3. The Hall–Kier alpha value is -2.45. The molecule has 8 heteroatoms. The van der Waals surface area contributed by atoms with Crippen molar-refractivity contribution < 1.29 is 9.53 Å². The lowest BCUT2D eigenvalue weighted by Gasteiger charge is -2.33. The largest absolute Gasteiger partial charge is 0.415 e. The molecule has 1 aliphatic rings. The molecule has 128 valence electrons. The van der Waals surface area contributed by atoms with Gasteiger partial charge in [-0.05, 0) is 23.6 Å². The third-order valence-electron chi connectivity index (χ3n) is 3.90. The van der Waals surface area contributed by atoms with Gasteiger partial charge in [0.2, 0.25) is 5.13 Å². The highest BCUT2D eigenvalue weighted by atomic mass is 32.1. The highest BCUT2D eigenvalue weighted by Crippen LogP contribution is 2.31. The topological polar surface area (TPSA) is 58.6 Å². The molecule has 1 aliphatic heterocycles. The van der Waals surface area contributed by atoms with Gasteiger partial charge in [-0.25, -0.2) is 4.79 Å². The summed E-state index contributed by atoms with van der Waals surface area (Å²) in [5.74, 6) is 0.569. The van der Waals surface area contributed by atoms with Crippen molar-refractivity contribution in [3.05, 3.63) is 47.8 Å². The Labute approximate surface area is 153 Å². The van der Waals surface area contributed by atoms with Crippen LogP contribution in [0.15, 0.2) is 47.8 Å². The Balaban J connectivity index is 1.34. The predicted octanol–water partition coefficient (Wildman–Crippen LogP) is 3.59. The van der Waals surface area contributed by atoms with Crippen LogP contribution in [0, 0.1) is 0 Å². The number of rotatable bonds is 3. The van der Waals surface area contributed by atoms with Gasteiger partial charge < -0.3 is 14.5 Å². The lowest BCUT2D eigenvalue weighted by molar-refractivity contribution is 0.149. The average molecular weight is 372 g/mol. The highest BCUT2D eigenvalue weighted by molar-refractivity contribution is 7.22. The normalized spacial score (nSPS) is 14.6. The van der Waals surface area contributed by atoms with Gasteiger partial charge in [0.25, 0.3) is 0 Å². The van der Waals surface area contributed by atoms with Gasteiger partial charge in [-0.1, -0.05) is 35.6 Å². The van der Waals surface area contributed by atoms with Crippen LogP contribution in [-0.2, 0) is 0 Å². The number of nitrogens with zero attached hydrogens (tertiary/aromatic N) is 4. The van der Waals surface area contributed by atoms with E-state index < -0.39 is 0 Å². The zero-order valence-electron chi connectivity index (χ0n) is 13.4. The number of benzene rings is 1. The minimum Gasteiger partial charge on any atom is -0.410 e. The fourth-order valence-electron chi connectivity index (χ4n) is 2.58. The Morgan fingerprint density at radius 2 is 1.80 bits per heavy atom. The first-order valence-corrected chi connectivity index (χ1v) is 9.63. The third kappa shape index (κ3) is 3.64. The summed E-state index contributed by atoms with van der Waals surface area (Å²) in [5.41, 5.74) is 0. The van der Waals surface area contributed by atoms with Crippen molar-refractivity contribution in [2.75, 3.05) is 31.1 Å². The Bertz CT molecular complexity index is 827. The molecule has 0 saturated carbocycles. The number of para-hydroxylation sites is 1. The third-order valence-corrected chi connectivity index (χ3v) is 5.93. The smallest absolute Gasteiger partial charge is 0.410 e. The maximum atomic E-state index is 12.2. The minimum atomic E-state index is -0.303. The summed E-state index contributed by atoms with van der Waals surface area (Å²) in [6, 6.07) is 13.2. The molecule has 1 fully saturated rings. The maximum Gasteiger partial charge on any atom is 0.415 e. The number of piperazine rings is 1. The quantitative estimate of drug-likeness (QED) is 0.703. The molecular formula is C17H16N4O2S2. The van der Waals surface area contributed by atoms with Gasteiger partial charge in [-0.15, -0.1) is 21.5 Å². The van der Waals surface area contributed by atoms with E-state index in [1.54, 1.807) is 39.7 Å². The lowest BCUT2D eigenvalue weighted by Crippen LogP contribution is -2.49. The molecule has 25 heavy (non-hydrogen) atoms. The number of carbonyl (C=O) groups excluding carboxylic acids is 1. The van der Waals surface area contributed by atoms with E-state index in [9.17, 15) is 4.79 Å². The monoisotopic (exact) mass is 372 g/mol. The molecule has 0 N–H and O–H groups in total. The molecule has 0 unspecified atom stereocenters. The van der Waals surface area contributed by atoms with Crippen LogP contribution in [0.3, 0.4) is 0 Å². The van der Waals surface area contributed by atoms with Crippen molar-refractivity contribution in [3.8, 4) is 15.6 Å². The number of anilines is 1. The molecule has 1 saturated heterocycles. The lowest BCUT2D eigenvalue weighted by atomic mass is 10.3. The molecule has 0 spiro atoms. The standard InChI is InChI=1S/C17H16N4O2S2/c22-17(23-13-5-2-1-3-6-13)21-10-8-20(9-11-21)16-19-18-15(25-16)14-7-4-12-24-14/h1-7,12H,8-11H2. The van der Waals surface area contributed by atoms with Crippen molar-refractivity contribution in [2.45, 2.75) is 0 Å². The van der Waals surface area contributed by atoms with E-state index in [4.69, 9.17) is 4.74 Å². The van der Waals surface area contributed by atoms with Crippen LogP contribution < -0.4 is 9.64 Å². The molecule has 6 nitrogen and oxygen atoms in total.